The van der Waals surface area contributed by atoms with Crippen molar-refractivity contribution in [2.45, 2.75) is 39.2 Å². The highest BCUT2D eigenvalue weighted by Gasteiger charge is 2.31. The van der Waals surface area contributed by atoms with E-state index in [1.54, 1.807) is 12.1 Å². The summed E-state index contributed by atoms with van der Waals surface area (Å²) in [4.78, 5) is 36.9. The lowest BCUT2D eigenvalue weighted by atomic mass is 10.0. The first kappa shape index (κ1) is 17.0. The molecule has 0 spiro atoms. The summed E-state index contributed by atoms with van der Waals surface area (Å²) in [7, 11) is 0. The summed E-state index contributed by atoms with van der Waals surface area (Å²) in [5.74, 6) is -1.67. The minimum Gasteiger partial charge on any atom is -0.480 e. The van der Waals surface area contributed by atoms with Crippen molar-refractivity contribution in [3.05, 3.63) is 34.9 Å². The highest BCUT2D eigenvalue weighted by Crippen LogP contribution is 2.17. The predicted molar refractivity (Wildman–Crippen MR) is 85.2 cm³/mol. The molecular weight excluding hydrogens is 296 g/mol. The van der Waals surface area contributed by atoms with E-state index in [9.17, 15) is 19.5 Å². The summed E-state index contributed by atoms with van der Waals surface area (Å²) in [6, 6.07) is 4.56. The van der Waals surface area contributed by atoms with Crippen LogP contribution in [0.4, 0.5) is 0 Å². The third kappa shape index (κ3) is 4.09. The number of hydrogen-bond donors (Lipinski definition) is 2. The van der Waals surface area contributed by atoms with Gasteiger partial charge in [0, 0.05) is 12.1 Å². The number of carboxylic acid groups (broad SMARTS) is 1. The molecule has 1 aromatic carbocycles. The van der Waals surface area contributed by atoms with Gasteiger partial charge in [0.15, 0.2) is 0 Å². The van der Waals surface area contributed by atoms with Crippen molar-refractivity contribution in [2.24, 2.45) is 0 Å². The number of likely N-dealkylation sites (tertiary alicyclic amines) is 1. The van der Waals surface area contributed by atoms with E-state index in [0.29, 0.717) is 18.5 Å². The van der Waals surface area contributed by atoms with Crippen molar-refractivity contribution in [1.82, 2.24) is 10.2 Å². The highest BCUT2D eigenvalue weighted by atomic mass is 16.4. The fourth-order valence-corrected chi connectivity index (χ4v) is 2.73. The first-order chi connectivity index (χ1) is 10.9. The van der Waals surface area contributed by atoms with Crippen LogP contribution in [-0.4, -0.2) is 46.9 Å². The van der Waals surface area contributed by atoms with E-state index in [0.717, 1.165) is 24.0 Å². The number of benzene rings is 1. The predicted octanol–water partition coefficient (Wildman–Crippen LogP) is 1.50. The van der Waals surface area contributed by atoms with Gasteiger partial charge in [0.2, 0.25) is 5.91 Å². The molecule has 2 rings (SSSR count). The van der Waals surface area contributed by atoms with E-state index in [1.807, 2.05) is 19.9 Å². The molecule has 0 aromatic heterocycles. The molecule has 1 aliphatic heterocycles. The molecule has 1 atom stereocenters. The normalized spacial score (nSPS) is 17.7. The second kappa shape index (κ2) is 7.26. The Morgan fingerprint density at radius 1 is 1.22 bits per heavy atom. The van der Waals surface area contributed by atoms with Crippen molar-refractivity contribution < 1.29 is 19.5 Å². The smallest absolute Gasteiger partial charge is 0.326 e. The van der Waals surface area contributed by atoms with Crippen LogP contribution < -0.4 is 5.32 Å². The lowest BCUT2D eigenvalue weighted by molar-refractivity contribution is -0.151. The van der Waals surface area contributed by atoms with Gasteiger partial charge >= 0.3 is 5.97 Å². The first-order valence-electron chi connectivity index (χ1n) is 7.78. The van der Waals surface area contributed by atoms with E-state index in [2.05, 4.69) is 5.32 Å². The zero-order chi connectivity index (χ0) is 17.0. The molecule has 1 saturated heterocycles. The van der Waals surface area contributed by atoms with E-state index < -0.39 is 12.0 Å². The molecule has 1 unspecified atom stereocenters. The maximum absolute atomic E-state index is 12.2. The van der Waals surface area contributed by atoms with Crippen molar-refractivity contribution in [1.29, 1.82) is 0 Å². The highest BCUT2D eigenvalue weighted by molar-refractivity contribution is 5.97. The summed E-state index contributed by atoms with van der Waals surface area (Å²) >= 11 is 0. The van der Waals surface area contributed by atoms with E-state index in [-0.39, 0.29) is 18.4 Å². The van der Waals surface area contributed by atoms with Crippen molar-refractivity contribution in [2.75, 3.05) is 13.1 Å². The Morgan fingerprint density at radius 3 is 2.61 bits per heavy atom. The average Bonchev–Trinajstić information content (AvgIpc) is 2.54. The van der Waals surface area contributed by atoms with Gasteiger partial charge in [0.1, 0.15) is 6.04 Å². The lowest BCUT2D eigenvalue weighted by Crippen LogP contribution is -2.51. The van der Waals surface area contributed by atoms with Crippen LogP contribution in [0, 0.1) is 13.8 Å². The fourth-order valence-electron chi connectivity index (χ4n) is 2.73. The minimum absolute atomic E-state index is 0.185. The Hall–Kier alpha value is -2.37. The molecule has 23 heavy (non-hydrogen) atoms. The van der Waals surface area contributed by atoms with Crippen LogP contribution in [0.3, 0.4) is 0 Å². The van der Waals surface area contributed by atoms with Gasteiger partial charge in [-0.25, -0.2) is 4.79 Å². The zero-order valence-electron chi connectivity index (χ0n) is 13.5. The number of carbonyl (C=O) groups is 3. The Bertz CT molecular complexity index is 627. The molecule has 1 fully saturated rings. The zero-order valence-corrected chi connectivity index (χ0v) is 13.5. The van der Waals surface area contributed by atoms with Crippen molar-refractivity contribution in [3.63, 3.8) is 0 Å². The maximum Gasteiger partial charge on any atom is 0.326 e. The van der Waals surface area contributed by atoms with Gasteiger partial charge < -0.3 is 15.3 Å². The molecular formula is C17H22N2O4. The monoisotopic (exact) mass is 318 g/mol. The van der Waals surface area contributed by atoms with Crippen molar-refractivity contribution >= 4 is 17.8 Å². The van der Waals surface area contributed by atoms with Crippen LogP contribution in [-0.2, 0) is 9.59 Å². The molecule has 6 heteroatoms. The van der Waals surface area contributed by atoms with Crippen LogP contribution in [0.15, 0.2) is 18.2 Å². The Labute approximate surface area is 135 Å². The van der Waals surface area contributed by atoms with Crippen LogP contribution in [0.2, 0.25) is 0 Å². The minimum atomic E-state index is -0.987. The second-order valence-corrected chi connectivity index (χ2v) is 5.92. The third-order valence-corrected chi connectivity index (χ3v) is 4.28. The van der Waals surface area contributed by atoms with Gasteiger partial charge in [0.25, 0.3) is 5.91 Å². The topological polar surface area (TPSA) is 86.7 Å². The molecule has 124 valence electrons. The van der Waals surface area contributed by atoms with E-state index in [4.69, 9.17) is 0 Å². The maximum atomic E-state index is 12.2. The second-order valence-electron chi connectivity index (χ2n) is 5.92. The van der Waals surface area contributed by atoms with Gasteiger partial charge in [0.05, 0.1) is 6.54 Å². The molecule has 0 radical (unpaired) electrons. The van der Waals surface area contributed by atoms with Crippen LogP contribution in [0.1, 0.15) is 40.7 Å². The number of piperidine rings is 1. The lowest BCUT2D eigenvalue weighted by Gasteiger charge is -2.33. The fraction of sp³-hybridized carbons (Fsp3) is 0.471. The molecule has 1 aliphatic rings. The average molecular weight is 318 g/mol. The van der Waals surface area contributed by atoms with Gasteiger partial charge in [-0.05, 0) is 56.4 Å². The number of carboxylic acids is 1. The molecule has 0 aliphatic carbocycles. The summed E-state index contributed by atoms with van der Waals surface area (Å²) in [6.45, 7) is 4.12. The number of aryl methyl sites for hydroxylation is 2. The number of rotatable bonds is 4. The Morgan fingerprint density at radius 2 is 1.96 bits per heavy atom. The van der Waals surface area contributed by atoms with Gasteiger partial charge in [-0.15, -0.1) is 0 Å². The number of nitrogens with zero attached hydrogens (tertiary/aromatic N) is 1. The van der Waals surface area contributed by atoms with Crippen LogP contribution in [0.25, 0.3) is 0 Å². The number of hydrogen-bond acceptors (Lipinski definition) is 3. The Balaban J connectivity index is 1.96. The molecule has 0 saturated carbocycles. The summed E-state index contributed by atoms with van der Waals surface area (Å²) in [5, 5.41) is 11.8. The van der Waals surface area contributed by atoms with Gasteiger partial charge in [-0.2, -0.15) is 0 Å². The molecule has 1 aromatic rings. The number of nitrogens with one attached hydrogen (secondary N) is 1. The summed E-state index contributed by atoms with van der Waals surface area (Å²) < 4.78 is 0. The molecule has 1 heterocycles. The molecule has 6 nitrogen and oxygen atoms in total. The summed E-state index contributed by atoms with van der Waals surface area (Å²) in [5.41, 5.74) is 2.59. The number of carbonyl (C=O) groups excluding carboxylic acids is 2. The van der Waals surface area contributed by atoms with E-state index in [1.165, 1.54) is 4.90 Å². The van der Waals surface area contributed by atoms with Gasteiger partial charge in [-0.1, -0.05) is 6.07 Å². The summed E-state index contributed by atoms with van der Waals surface area (Å²) in [6.07, 6.45) is 2.06. The first-order valence-corrected chi connectivity index (χ1v) is 7.78. The molecule has 2 amide bonds. The SMILES string of the molecule is Cc1ccc(C(=O)NCC(=O)N2CCCCC2C(=O)O)cc1C. The molecule has 2 N–H and O–H groups in total. The Kier molecular flexibility index (Phi) is 5.36. The van der Waals surface area contributed by atoms with E-state index >= 15 is 0 Å². The van der Waals surface area contributed by atoms with Crippen LogP contribution in [0.5, 0.6) is 0 Å². The standard InChI is InChI=1S/C17H22N2O4/c1-11-6-7-13(9-12(11)2)16(21)18-10-15(20)19-8-4-3-5-14(19)17(22)23/h6-7,9,14H,3-5,8,10H2,1-2H3,(H,18,21)(H,22,23). The largest absolute Gasteiger partial charge is 0.480 e. The van der Waals surface area contributed by atoms with Crippen LogP contribution >= 0.6 is 0 Å². The number of amides is 2. The van der Waals surface area contributed by atoms with Gasteiger partial charge in [-0.3, -0.25) is 9.59 Å². The van der Waals surface area contributed by atoms with Crippen molar-refractivity contribution in [3.8, 4) is 0 Å². The number of aliphatic carboxylic acids is 1. The quantitative estimate of drug-likeness (QED) is 0.881. The third-order valence-electron chi connectivity index (χ3n) is 4.28. The molecule has 0 bridgehead atoms.